The van der Waals surface area contributed by atoms with Gasteiger partial charge in [-0.2, -0.15) is 0 Å². The number of rotatable bonds is 7. The van der Waals surface area contributed by atoms with Crippen LogP contribution >= 0.6 is 0 Å². The molecule has 1 N–H and O–H groups in total. The molecule has 1 unspecified atom stereocenters. The van der Waals surface area contributed by atoms with Gasteiger partial charge in [0.2, 0.25) is 0 Å². The van der Waals surface area contributed by atoms with E-state index in [0.29, 0.717) is 17.0 Å². The van der Waals surface area contributed by atoms with Crippen LogP contribution in [0.4, 0.5) is 5.69 Å². The highest BCUT2D eigenvalue weighted by atomic mass is 16.5. The summed E-state index contributed by atoms with van der Waals surface area (Å²) < 4.78 is 10.2. The number of ether oxygens (including phenoxy) is 2. The van der Waals surface area contributed by atoms with Crippen LogP contribution in [0.5, 0.6) is 5.75 Å². The summed E-state index contributed by atoms with van der Waals surface area (Å²) in [6, 6.07) is 15.7. The number of nitrogens with one attached hydrogen (secondary N) is 1. The number of para-hydroxylation sites is 2. The minimum atomic E-state index is -0.981. The summed E-state index contributed by atoms with van der Waals surface area (Å²) in [7, 11) is 3.06. The van der Waals surface area contributed by atoms with E-state index in [0.717, 1.165) is 0 Å². The van der Waals surface area contributed by atoms with E-state index in [1.54, 1.807) is 43.4 Å². The molecule has 0 aliphatic carbocycles. The van der Waals surface area contributed by atoms with Gasteiger partial charge in [-0.05, 0) is 31.2 Å². The average Bonchev–Trinajstić information content (AvgIpc) is 2.71. The number of carbonyl (C=O) groups excluding carboxylic acids is 3. The van der Waals surface area contributed by atoms with E-state index in [1.165, 1.54) is 18.9 Å². The van der Waals surface area contributed by atoms with Crippen molar-refractivity contribution in [3.05, 3.63) is 60.2 Å². The first-order chi connectivity index (χ1) is 12.9. The molecule has 1 atom stereocenters. The number of amides is 2. The molecular weight excluding hydrogens is 348 g/mol. The predicted octanol–water partition coefficient (Wildman–Crippen LogP) is 2.02. The second-order valence-electron chi connectivity index (χ2n) is 5.75. The Labute approximate surface area is 157 Å². The zero-order valence-corrected chi connectivity index (χ0v) is 15.5. The van der Waals surface area contributed by atoms with E-state index in [-0.39, 0.29) is 12.5 Å². The highest BCUT2D eigenvalue weighted by Gasteiger charge is 2.23. The zero-order chi connectivity index (χ0) is 19.8. The third-order valence-electron chi connectivity index (χ3n) is 3.87. The number of anilines is 1. The summed E-state index contributed by atoms with van der Waals surface area (Å²) in [5, 5.41) is 2.46. The fourth-order valence-corrected chi connectivity index (χ4v) is 2.42. The maximum absolute atomic E-state index is 12.4. The van der Waals surface area contributed by atoms with Gasteiger partial charge in [0.25, 0.3) is 11.8 Å². The molecule has 2 aromatic carbocycles. The Hall–Kier alpha value is -3.35. The molecule has 2 rings (SSSR count). The summed E-state index contributed by atoms with van der Waals surface area (Å²) in [5.74, 6) is -1.15. The lowest BCUT2D eigenvalue weighted by Gasteiger charge is -2.21. The summed E-state index contributed by atoms with van der Waals surface area (Å²) >= 11 is 0. The van der Waals surface area contributed by atoms with Gasteiger partial charge < -0.3 is 19.7 Å². The number of nitrogens with zero attached hydrogens (tertiary/aromatic N) is 1. The minimum Gasteiger partial charge on any atom is -0.496 e. The van der Waals surface area contributed by atoms with Gasteiger partial charge in [0.1, 0.15) is 12.3 Å². The predicted molar refractivity (Wildman–Crippen MR) is 101 cm³/mol. The first-order valence-corrected chi connectivity index (χ1v) is 8.37. The number of carbonyl (C=O) groups is 3. The van der Waals surface area contributed by atoms with Crippen molar-refractivity contribution in [3.63, 3.8) is 0 Å². The van der Waals surface area contributed by atoms with Gasteiger partial charge in [0, 0.05) is 12.7 Å². The lowest BCUT2D eigenvalue weighted by Crippen LogP contribution is -2.39. The molecule has 7 heteroatoms. The van der Waals surface area contributed by atoms with Crippen LogP contribution in [0.25, 0.3) is 0 Å². The standard InChI is InChI=1S/C20H22N2O5/c1-14(20(25)22(2)15-9-5-4-6-10-15)27-18(23)13-21-19(24)16-11-7-8-12-17(16)26-3/h4-12,14H,13H2,1-3H3,(H,21,24). The third kappa shape index (κ3) is 5.31. The molecule has 0 bridgehead atoms. The molecule has 0 saturated heterocycles. The van der Waals surface area contributed by atoms with E-state index in [9.17, 15) is 14.4 Å². The Bertz CT molecular complexity index is 807. The Morgan fingerprint density at radius 2 is 1.67 bits per heavy atom. The fourth-order valence-electron chi connectivity index (χ4n) is 2.42. The van der Waals surface area contributed by atoms with Gasteiger partial charge in [0.15, 0.2) is 6.10 Å². The van der Waals surface area contributed by atoms with Gasteiger partial charge in [-0.1, -0.05) is 30.3 Å². The van der Waals surface area contributed by atoms with Crippen LogP contribution < -0.4 is 15.0 Å². The molecule has 2 amide bonds. The van der Waals surface area contributed by atoms with Crippen molar-refractivity contribution in [2.45, 2.75) is 13.0 Å². The Morgan fingerprint density at radius 1 is 1.04 bits per heavy atom. The largest absolute Gasteiger partial charge is 0.496 e. The molecule has 0 aromatic heterocycles. The smallest absolute Gasteiger partial charge is 0.326 e. The van der Waals surface area contributed by atoms with Gasteiger partial charge in [-0.15, -0.1) is 0 Å². The number of likely N-dealkylation sites (N-methyl/N-ethyl adjacent to an activating group) is 1. The maximum atomic E-state index is 12.4. The van der Waals surface area contributed by atoms with E-state index in [1.807, 2.05) is 18.2 Å². The van der Waals surface area contributed by atoms with Crippen LogP contribution in [0.3, 0.4) is 0 Å². The molecule has 0 radical (unpaired) electrons. The number of methoxy groups -OCH3 is 1. The Balaban J connectivity index is 1.87. The first kappa shape index (κ1) is 20.0. The molecule has 0 aliphatic rings. The fraction of sp³-hybridized carbons (Fsp3) is 0.250. The molecule has 7 nitrogen and oxygen atoms in total. The van der Waals surface area contributed by atoms with E-state index >= 15 is 0 Å². The average molecular weight is 370 g/mol. The topological polar surface area (TPSA) is 84.9 Å². The molecule has 0 spiro atoms. The van der Waals surface area contributed by atoms with Crippen molar-refractivity contribution in [3.8, 4) is 5.75 Å². The maximum Gasteiger partial charge on any atom is 0.326 e. The van der Waals surface area contributed by atoms with Crippen molar-refractivity contribution in [1.82, 2.24) is 5.32 Å². The van der Waals surface area contributed by atoms with Crippen LogP contribution in [0.15, 0.2) is 54.6 Å². The van der Waals surface area contributed by atoms with Crippen LogP contribution in [-0.2, 0) is 14.3 Å². The van der Waals surface area contributed by atoms with E-state index in [2.05, 4.69) is 5.32 Å². The summed E-state index contributed by atoms with van der Waals surface area (Å²) in [6.45, 7) is 1.13. The first-order valence-electron chi connectivity index (χ1n) is 8.37. The SMILES string of the molecule is COc1ccccc1C(=O)NCC(=O)OC(C)C(=O)N(C)c1ccccc1. The van der Waals surface area contributed by atoms with Gasteiger partial charge >= 0.3 is 5.97 Å². The van der Waals surface area contributed by atoms with Gasteiger partial charge in [-0.3, -0.25) is 14.4 Å². The zero-order valence-electron chi connectivity index (χ0n) is 15.5. The second-order valence-corrected chi connectivity index (χ2v) is 5.75. The monoisotopic (exact) mass is 370 g/mol. The van der Waals surface area contributed by atoms with Crippen molar-refractivity contribution in [2.24, 2.45) is 0 Å². The number of benzene rings is 2. The molecule has 0 fully saturated rings. The van der Waals surface area contributed by atoms with Gasteiger partial charge in [0.05, 0.1) is 12.7 Å². The third-order valence-corrected chi connectivity index (χ3v) is 3.87. The highest BCUT2D eigenvalue weighted by Crippen LogP contribution is 2.17. The molecule has 0 heterocycles. The molecular formula is C20H22N2O5. The summed E-state index contributed by atoms with van der Waals surface area (Å²) in [5.41, 5.74) is 0.996. The quantitative estimate of drug-likeness (QED) is 0.754. The van der Waals surface area contributed by atoms with Crippen molar-refractivity contribution in [1.29, 1.82) is 0 Å². The normalized spacial score (nSPS) is 11.2. The van der Waals surface area contributed by atoms with Crippen molar-refractivity contribution >= 4 is 23.5 Å². The molecule has 142 valence electrons. The number of esters is 1. The van der Waals surface area contributed by atoms with Crippen molar-refractivity contribution in [2.75, 3.05) is 25.6 Å². The lowest BCUT2D eigenvalue weighted by molar-refractivity contribution is -0.152. The van der Waals surface area contributed by atoms with E-state index in [4.69, 9.17) is 9.47 Å². The molecule has 0 aliphatic heterocycles. The summed E-state index contributed by atoms with van der Waals surface area (Å²) in [4.78, 5) is 37.9. The van der Waals surface area contributed by atoms with Gasteiger partial charge in [-0.25, -0.2) is 0 Å². The summed E-state index contributed by atoms with van der Waals surface area (Å²) in [6.07, 6.45) is -0.981. The van der Waals surface area contributed by atoms with Crippen LogP contribution in [0.2, 0.25) is 0 Å². The van der Waals surface area contributed by atoms with E-state index < -0.39 is 18.0 Å². The molecule has 0 saturated carbocycles. The van der Waals surface area contributed by atoms with Crippen LogP contribution in [0, 0.1) is 0 Å². The Morgan fingerprint density at radius 3 is 2.33 bits per heavy atom. The highest BCUT2D eigenvalue weighted by molar-refractivity contribution is 5.99. The Kier molecular flexibility index (Phi) is 6.93. The number of hydrogen-bond donors (Lipinski definition) is 1. The lowest BCUT2D eigenvalue weighted by atomic mass is 10.2. The van der Waals surface area contributed by atoms with Crippen molar-refractivity contribution < 1.29 is 23.9 Å². The van der Waals surface area contributed by atoms with Crippen LogP contribution in [-0.4, -0.2) is 44.6 Å². The second kappa shape index (κ2) is 9.38. The molecule has 2 aromatic rings. The minimum absolute atomic E-state index is 0.306. The molecule has 27 heavy (non-hydrogen) atoms. The van der Waals surface area contributed by atoms with Crippen LogP contribution in [0.1, 0.15) is 17.3 Å². The number of hydrogen-bond acceptors (Lipinski definition) is 5.